The van der Waals surface area contributed by atoms with E-state index in [1.54, 1.807) is 0 Å². The van der Waals surface area contributed by atoms with Crippen molar-refractivity contribution in [2.24, 2.45) is 5.73 Å². The fourth-order valence-electron chi connectivity index (χ4n) is 1.57. The molecule has 0 atom stereocenters. The van der Waals surface area contributed by atoms with Gasteiger partial charge in [0.05, 0.1) is 5.69 Å². The number of carbonyl (C=O) groups is 1. The van der Waals surface area contributed by atoms with E-state index >= 15 is 0 Å². The highest BCUT2D eigenvalue weighted by Gasteiger charge is 2.20. The number of nitrogens with two attached hydrogens (primary N) is 1. The van der Waals surface area contributed by atoms with Crippen LogP contribution in [0.1, 0.15) is 10.4 Å². The van der Waals surface area contributed by atoms with Gasteiger partial charge >= 0.3 is 0 Å². The van der Waals surface area contributed by atoms with E-state index in [4.69, 9.17) is 5.73 Å². The summed E-state index contributed by atoms with van der Waals surface area (Å²) >= 11 is 0. The minimum Gasteiger partial charge on any atom is -0.366 e. The molecule has 7 nitrogen and oxygen atoms in total. The Labute approximate surface area is 118 Å². The molecule has 0 aliphatic heterocycles. The number of hydrogen-bond acceptors (Lipinski definition) is 4. The number of carbonyl (C=O) groups excluding carboxylic acids is 1. The first-order valence-corrected chi connectivity index (χ1v) is 7.09. The second kappa shape index (κ2) is 5.37. The van der Waals surface area contributed by atoms with Crippen LogP contribution < -0.4 is 15.9 Å². The molecule has 2 rings (SSSR count). The molecule has 0 spiro atoms. The SMILES string of the molecule is NC(=O)c1ccc(F)c(NS(=O)(=O)c2c[nH]ccc2=O)c1. The van der Waals surface area contributed by atoms with Gasteiger partial charge in [-0.05, 0) is 18.2 Å². The summed E-state index contributed by atoms with van der Waals surface area (Å²) in [6.45, 7) is 0. The molecule has 0 bridgehead atoms. The van der Waals surface area contributed by atoms with Crippen LogP contribution in [0.3, 0.4) is 0 Å². The van der Waals surface area contributed by atoms with Gasteiger partial charge in [0.15, 0.2) is 4.90 Å². The van der Waals surface area contributed by atoms with E-state index in [0.717, 1.165) is 30.5 Å². The van der Waals surface area contributed by atoms with Crippen molar-refractivity contribution < 1.29 is 17.6 Å². The zero-order valence-corrected chi connectivity index (χ0v) is 11.3. The number of aromatic nitrogens is 1. The molecular formula is C12H10FN3O4S. The van der Waals surface area contributed by atoms with E-state index in [1.165, 1.54) is 6.20 Å². The number of amides is 1. The summed E-state index contributed by atoms with van der Waals surface area (Å²) in [4.78, 5) is 24.4. The molecule has 9 heteroatoms. The van der Waals surface area contributed by atoms with Crippen LogP contribution in [-0.2, 0) is 10.0 Å². The van der Waals surface area contributed by atoms with Crippen molar-refractivity contribution in [1.82, 2.24) is 4.98 Å². The molecule has 4 N–H and O–H groups in total. The van der Waals surface area contributed by atoms with Crippen LogP contribution in [0.4, 0.5) is 10.1 Å². The number of hydrogen-bond donors (Lipinski definition) is 3. The first kappa shape index (κ1) is 14.7. The van der Waals surface area contributed by atoms with Crippen molar-refractivity contribution in [2.75, 3.05) is 4.72 Å². The Hall–Kier alpha value is -2.68. The number of benzene rings is 1. The Kier molecular flexibility index (Phi) is 3.76. The van der Waals surface area contributed by atoms with Crippen LogP contribution in [-0.4, -0.2) is 19.3 Å². The molecule has 1 amide bonds. The number of rotatable bonds is 4. The van der Waals surface area contributed by atoms with E-state index < -0.39 is 37.8 Å². The fraction of sp³-hybridized carbons (Fsp3) is 0. The number of primary amides is 1. The number of pyridine rings is 1. The van der Waals surface area contributed by atoms with Gasteiger partial charge in [0.2, 0.25) is 11.3 Å². The maximum absolute atomic E-state index is 13.6. The molecule has 0 saturated carbocycles. The van der Waals surface area contributed by atoms with Crippen LogP contribution in [0.5, 0.6) is 0 Å². The first-order valence-electron chi connectivity index (χ1n) is 5.60. The lowest BCUT2D eigenvalue weighted by Crippen LogP contribution is -2.22. The number of nitrogens with one attached hydrogen (secondary N) is 2. The monoisotopic (exact) mass is 311 g/mol. The van der Waals surface area contributed by atoms with Gasteiger partial charge in [0, 0.05) is 24.0 Å². The topological polar surface area (TPSA) is 122 Å². The number of H-pyrrole nitrogens is 1. The number of aromatic amines is 1. The summed E-state index contributed by atoms with van der Waals surface area (Å²) in [5.74, 6) is -1.75. The highest BCUT2D eigenvalue weighted by molar-refractivity contribution is 7.92. The lowest BCUT2D eigenvalue weighted by Gasteiger charge is -2.09. The molecule has 0 radical (unpaired) electrons. The summed E-state index contributed by atoms with van der Waals surface area (Å²) in [7, 11) is -4.29. The Morgan fingerprint density at radius 1 is 1.29 bits per heavy atom. The molecule has 21 heavy (non-hydrogen) atoms. The molecule has 0 aliphatic rings. The summed E-state index contributed by atoms with van der Waals surface area (Å²) < 4.78 is 39.6. The second-order valence-electron chi connectivity index (χ2n) is 4.04. The Morgan fingerprint density at radius 2 is 2.00 bits per heavy atom. The van der Waals surface area contributed by atoms with Crippen molar-refractivity contribution >= 4 is 21.6 Å². The smallest absolute Gasteiger partial charge is 0.267 e. The Bertz CT molecular complexity index is 861. The second-order valence-corrected chi connectivity index (χ2v) is 5.69. The van der Waals surface area contributed by atoms with Crippen molar-refractivity contribution in [3.63, 3.8) is 0 Å². The zero-order chi connectivity index (χ0) is 15.6. The summed E-state index contributed by atoms with van der Waals surface area (Å²) in [6, 6.07) is 3.98. The van der Waals surface area contributed by atoms with Gasteiger partial charge in [-0.15, -0.1) is 0 Å². The molecule has 2 aromatic rings. The third kappa shape index (κ3) is 3.08. The molecule has 0 unspecified atom stereocenters. The third-order valence-corrected chi connectivity index (χ3v) is 3.96. The average molecular weight is 311 g/mol. The predicted molar refractivity (Wildman–Crippen MR) is 72.8 cm³/mol. The standard InChI is InChI=1S/C12H10FN3O4S/c13-8-2-1-7(12(14)18)5-9(8)16-21(19,20)11-6-15-4-3-10(11)17/h1-6,16H,(H2,14,18)(H,15,17). The Morgan fingerprint density at radius 3 is 2.62 bits per heavy atom. The van der Waals surface area contributed by atoms with Gasteiger partial charge in [-0.3, -0.25) is 14.3 Å². The third-order valence-electron chi connectivity index (χ3n) is 2.57. The average Bonchev–Trinajstić information content (AvgIpc) is 2.41. The zero-order valence-electron chi connectivity index (χ0n) is 10.5. The van der Waals surface area contributed by atoms with Crippen molar-refractivity contribution in [3.8, 4) is 0 Å². The molecule has 0 saturated heterocycles. The highest BCUT2D eigenvalue weighted by Crippen LogP contribution is 2.19. The summed E-state index contributed by atoms with van der Waals surface area (Å²) in [5, 5.41) is 0. The van der Waals surface area contributed by atoms with Crippen molar-refractivity contribution in [2.45, 2.75) is 4.90 Å². The number of halogens is 1. The largest absolute Gasteiger partial charge is 0.366 e. The van der Waals surface area contributed by atoms with Crippen LogP contribution in [0.15, 0.2) is 46.3 Å². The van der Waals surface area contributed by atoms with E-state index in [9.17, 15) is 22.4 Å². The van der Waals surface area contributed by atoms with Crippen LogP contribution >= 0.6 is 0 Å². The van der Waals surface area contributed by atoms with Crippen LogP contribution in [0, 0.1) is 5.82 Å². The number of sulfonamides is 1. The molecule has 1 heterocycles. The van der Waals surface area contributed by atoms with Crippen molar-refractivity contribution in [3.05, 3.63) is 58.3 Å². The van der Waals surface area contributed by atoms with Crippen molar-refractivity contribution in [1.29, 1.82) is 0 Å². The molecule has 110 valence electrons. The summed E-state index contributed by atoms with van der Waals surface area (Å²) in [6.07, 6.45) is 2.23. The highest BCUT2D eigenvalue weighted by atomic mass is 32.2. The lowest BCUT2D eigenvalue weighted by atomic mass is 10.2. The van der Waals surface area contributed by atoms with Gasteiger partial charge in [-0.1, -0.05) is 0 Å². The molecule has 0 aliphatic carbocycles. The fourth-order valence-corrected chi connectivity index (χ4v) is 2.68. The van der Waals surface area contributed by atoms with E-state index in [1.807, 2.05) is 4.72 Å². The number of anilines is 1. The predicted octanol–water partition coefficient (Wildman–Crippen LogP) is 0.414. The van der Waals surface area contributed by atoms with Gasteiger partial charge in [-0.25, -0.2) is 12.8 Å². The van der Waals surface area contributed by atoms with Crippen LogP contribution in [0.2, 0.25) is 0 Å². The first-order chi connectivity index (χ1) is 9.81. The van der Waals surface area contributed by atoms with Gasteiger partial charge < -0.3 is 10.7 Å². The van der Waals surface area contributed by atoms with E-state index in [2.05, 4.69) is 4.98 Å². The quantitative estimate of drug-likeness (QED) is 0.757. The van der Waals surface area contributed by atoms with Gasteiger partial charge in [-0.2, -0.15) is 0 Å². The van der Waals surface area contributed by atoms with Crippen LogP contribution in [0.25, 0.3) is 0 Å². The van der Waals surface area contributed by atoms with E-state index in [0.29, 0.717) is 0 Å². The molecule has 1 aromatic carbocycles. The molecular weight excluding hydrogens is 301 g/mol. The van der Waals surface area contributed by atoms with Gasteiger partial charge in [0.25, 0.3) is 10.0 Å². The maximum atomic E-state index is 13.6. The van der Waals surface area contributed by atoms with Gasteiger partial charge in [0.1, 0.15) is 5.82 Å². The Balaban J connectivity index is 2.47. The maximum Gasteiger partial charge on any atom is 0.267 e. The molecule has 1 aromatic heterocycles. The lowest BCUT2D eigenvalue weighted by molar-refractivity contribution is 0.100. The molecule has 0 fully saturated rings. The normalized spacial score (nSPS) is 11.1. The minimum atomic E-state index is -4.29. The van der Waals surface area contributed by atoms with E-state index in [-0.39, 0.29) is 5.56 Å². The minimum absolute atomic E-state index is 0.0731. The summed E-state index contributed by atoms with van der Waals surface area (Å²) in [5.41, 5.74) is 3.73.